The van der Waals surface area contributed by atoms with Gasteiger partial charge >= 0.3 is 5.97 Å². The number of carboxylic acid groups (broad SMARTS) is 1. The van der Waals surface area contributed by atoms with Gasteiger partial charge in [-0.2, -0.15) is 0 Å². The van der Waals surface area contributed by atoms with Gasteiger partial charge in [0.2, 0.25) is 0 Å². The van der Waals surface area contributed by atoms with Gasteiger partial charge in [-0.3, -0.25) is 4.40 Å². The lowest BCUT2D eigenvalue weighted by Gasteiger charge is -2.26. The molecule has 18 heavy (non-hydrogen) atoms. The van der Waals surface area contributed by atoms with Gasteiger partial charge in [-0.15, -0.1) is 11.3 Å². The molecule has 0 unspecified atom stereocenters. The Balaban J connectivity index is 2.57. The van der Waals surface area contributed by atoms with E-state index in [0.717, 1.165) is 17.9 Å². The first-order chi connectivity index (χ1) is 8.56. The van der Waals surface area contributed by atoms with E-state index in [4.69, 9.17) is 0 Å². The molecule has 98 valence electrons. The normalized spacial score (nSPS) is 11.3. The highest BCUT2D eigenvalue weighted by Gasteiger charge is 2.24. The van der Waals surface area contributed by atoms with Crippen LogP contribution in [0.2, 0.25) is 0 Å². The molecular formula is C12H17N3O2S. The molecule has 0 bridgehead atoms. The molecule has 0 saturated heterocycles. The summed E-state index contributed by atoms with van der Waals surface area (Å²) in [6.45, 7) is 6.99. The zero-order valence-corrected chi connectivity index (χ0v) is 11.6. The number of fused-ring (bicyclic) bond motifs is 1. The van der Waals surface area contributed by atoms with Crippen molar-refractivity contribution < 1.29 is 9.90 Å². The number of carbonyl (C=O) groups is 1. The average molecular weight is 267 g/mol. The van der Waals surface area contributed by atoms with Gasteiger partial charge in [0.05, 0.1) is 0 Å². The maximum atomic E-state index is 11.4. The Bertz CT molecular complexity index is 559. The van der Waals surface area contributed by atoms with Crippen molar-refractivity contribution in [2.75, 3.05) is 11.4 Å². The maximum absolute atomic E-state index is 11.4. The Hall–Kier alpha value is -1.56. The predicted molar refractivity (Wildman–Crippen MR) is 72.8 cm³/mol. The minimum atomic E-state index is -0.933. The molecule has 6 heteroatoms. The zero-order valence-electron chi connectivity index (χ0n) is 10.8. The third-order valence-corrected chi connectivity index (χ3v) is 3.56. The fraction of sp³-hybridized carbons (Fsp3) is 0.500. The third-order valence-electron chi connectivity index (χ3n) is 2.81. The predicted octanol–water partition coefficient (Wildman–Crippen LogP) is 2.72. The number of aromatic nitrogens is 2. The number of rotatable bonds is 5. The number of imidazole rings is 1. The summed E-state index contributed by atoms with van der Waals surface area (Å²) < 4.78 is 1.65. The van der Waals surface area contributed by atoms with E-state index < -0.39 is 5.97 Å². The molecule has 0 fully saturated rings. The summed E-state index contributed by atoms with van der Waals surface area (Å²) in [6.07, 6.45) is 2.72. The molecule has 0 saturated carbocycles. The second-order valence-electron chi connectivity index (χ2n) is 4.43. The monoisotopic (exact) mass is 267 g/mol. The van der Waals surface area contributed by atoms with E-state index in [9.17, 15) is 9.90 Å². The maximum Gasteiger partial charge on any atom is 0.356 e. The second kappa shape index (κ2) is 4.97. The lowest BCUT2D eigenvalue weighted by atomic mass is 10.2. The van der Waals surface area contributed by atoms with Gasteiger partial charge in [0.25, 0.3) is 0 Å². The fourth-order valence-corrected chi connectivity index (χ4v) is 2.73. The van der Waals surface area contributed by atoms with Crippen LogP contribution < -0.4 is 4.90 Å². The Morgan fingerprint density at radius 2 is 2.33 bits per heavy atom. The van der Waals surface area contributed by atoms with Crippen LogP contribution in [0, 0.1) is 0 Å². The van der Waals surface area contributed by atoms with Crippen LogP contribution in [0.25, 0.3) is 4.96 Å². The highest BCUT2D eigenvalue weighted by molar-refractivity contribution is 7.15. The minimum absolute atomic E-state index is 0.229. The number of nitrogens with zero attached hydrogens (tertiary/aromatic N) is 3. The van der Waals surface area contributed by atoms with E-state index in [-0.39, 0.29) is 11.7 Å². The Morgan fingerprint density at radius 1 is 1.61 bits per heavy atom. The van der Waals surface area contributed by atoms with Crippen molar-refractivity contribution in [2.24, 2.45) is 0 Å². The van der Waals surface area contributed by atoms with Crippen LogP contribution in [0.3, 0.4) is 0 Å². The van der Waals surface area contributed by atoms with Crippen LogP contribution in [0.5, 0.6) is 0 Å². The van der Waals surface area contributed by atoms with Gasteiger partial charge in [-0.25, -0.2) is 9.78 Å². The molecule has 0 atom stereocenters. The van der Waals surface area contributed by atoms with Gasteiger partial charge < -0.3 is 10.0 Å². The largest absolute Gasteiger partial charge is 0.476 e. The Kier molecular flexibility index (Phi) is 3.56. The van der Waals surface area contributed by atoms with Crippen molar-refractivity contribution in [3.63, 3.8) is 0 Å². The molecule has 0 aromatic carbocycles. The lowest BCUT2D eigenvalue weighted by Crippen LogP contribution is -2.33. The van der Waals surface area contributed by atoms with Gasteiger partial charge in [0.15, 0.2) is 16.5 Å². The average Bonchev–Trinajstić information content (AvgIpc) is 2.83. The number of hydrogen-bond donors (Lipinski definition) is 1. The summed E-state index contributed by atoms with van der Waals surface area (Å²) in [5.41, 5.74) is 0.258. The molecule has 2 aromatic heterocycles. The van der Waals surface area contributed by atoms with E-state index in [0.29, 0.717) is 5.82 Å². The summed E-state index contributed by atoms with van der Waals surface area (Å²) >= 11 is 1.45. The quantitative estimate of drug-likeness (QED) is 0.905. The molecule has 5 nitrogen and oxygen atoms in total. The van der Waals surface area contributed by atoms with Crippen molar-refractivity contribution in [1.29, 1.82) is 0 Å². The van der Waals surface area contributed by atoms with Crippen LogP contribution in [-0.2, 0) is 0 Å². The Labute approximate surface area is 110 Å². The molecule has 2 heterocycles. The molecule has 1 N–H and O–H groups in total. The molecule has 0 aliphatic heterocycles. The van der Waals surface area contributed by atoms with Crippen LogP contribution in [0.15, 0.2) is 11.6 Å². The molecule has 0 aliphatic rings. The third kappa shape index (κ3) is 2.08. The topological polar surface area (TPSA) is 57.8 Å². The summed E-state index contributed by atoms with van der Waals surface area (Å²) in [6, 6.07) is 0.229. The lowest BCUT2D eigenvalue weighted by molar-refractivity contribution is 0.0690. The van der Waals surface area contributed by atoms with Crippen molar-refractivity contribution in [1.82, 2.24) is 9.38 Å². The standard InChI is InChI=1S/C12H17N3O2S/c1-4-5-14(8(2)3)10-9(11(16)17)15-6-7-18-12(15)13-10/h6-8H,4-5H2,1-3H3,(H,16,17). The second-order valence-corrected chi connectivity index (χ2v) is 5.30. The molecule has 0 radical (unpaired) electrons. The van der Waals surface area contributed by atoms with E-state index in [2.05, 4.69) is 25.8 Å². The van der Waals surface area contributed by atoms with Gasteiger partial charge in [0.1, 0.15) is 0 Å². The number of carboxylic acids is 1. The molecular weight excluding hydrogens is 250 g/mol. The summed E-state index contributed by atoms with van der Waals surface area (Å²) in [7, 11) is 0. The highest BCUT2D eigenvalue weighted by atomic mass is 32.1. The SMILES string of the molecule is CCCN(c1nc2sccn2c1C(=O)O)C(C)C. The van der Waals surface area contributed by atoms with Gasteiger partial charge in [-0.1, -0.05) is 6.92 Å². The smallest absolute Gasteiger partial charge is 0.356 e. The van der Waals surface area contributed by atoms with Crippen molar-refractivity contribution in [3.05, 3.63) is 17.3 Å². The Morgan fingerprint density at radius 3 is 2.89 bits per heavy atom. The summed E-state index contributed by atoms with van der Waals surface area (Å²) in [4.78, 5) is 18.7. The van der Waals surface area contributed by atoms with Crippen molar-refractivity contribution >= 4 is 28.1 Å². The van der Waals surface area contributed by atoms with E-state index in [1.165, 1.54) is 11.3 Å². The summed E-state index contributed by atoms with van der Waals surface area (Å²) in [5.74, 6) is -0.358. The molecule has 2 rings (SSSR count). The van der Waals surface area contributed by atoms with Crippen LogP contribution in [0.1, 0.15) is 37.7 Å². The van der Waals surface area contributed by atoms with E-state index in [1.807, 2.05) is 10.3 Å². The molecule has 0 aliphatic carbocycles. The van der Waals surface area contributed by atoms with Gasteiger partial charge in [0, 0.05) is 24.2 Å². The molecule has 2 aromatic rings. The first-order valence-electron chi connectivity index (χ1n) is 6.01. The number of hydrogen-bond acceptors (Lipinski definition) is 4. The number of aromatic carboxylic acids is 1. The fourth-order valence-electron chi connectivity index (χ4n) is 2.02. The molecule has 0 spiro atoms. The highest BCUT2D eigenvalue weighted by Crippen LogP contribution is 2.26. The summed E-state index contributed by atoms with van der Waals surface area (Å²) in [5, 5.41) is 11.2. The van der Waals surface area contributed by atoms with Crippen molar-refractivity contribution in [3.8, 4) is 0 Å². The zero-order chi connectivity index (χ0) is 13.3. The first-order valence-corrected chi connectivity index (χ1v) is 6.89. The molecule has 0 amide bonds. The van der Waals surface area contributed by atoms with Crippen LogP contribution in [0.4, 0.5) is 5.82 Å². The van der Waals surface area contributed by atoms with Crippen LogP contribution >= 0.6 is 11.3 Å². The van der Waals surface area contributed by atoms with Gasteiger partial charge in [-0.05, 0) is 20.3 Å². The number of anilines is 1. The first kappa shape index (κ1) is 12.9. The number of thiazole rings is 1. The van der Waals surface area contributed by atoms with E-state index in [1.54, 1.807) is 10.6 Å². The van der Waals surface area contributed by atoms with E-state index >= 15 is 0 Å². The van der Waals surface area contributed by atoms with Crippen molar-refractivity contribution in [2.45, 2.75) is 33.2 Å². The van der Waals surface area contributed by atoms with Crippen LogP contribution in [-0.4, -0.2) is 33.0 Å². The minimum Gasteiger partial charge on any atom is -0.476 e.